The van der Waals surface area contributed by atoms with Gasteiger partial charge in [-0.1, -0.05) is 36.4 Å². The smallest absolute Gasteiger partial charge is 0.244 e. The van der Waals surface area contributed by atoms with Crippen molar-refractivity contribution in [1.29, 1.82) is 0 Å². The number of carbonyl (C=O) groups excluding carboxylic acids is 1. The van der Waals surface area contributed by atoms with Crippen LogP contribution < -0.4 is 10.2 Å². The minimum absolute atomic E-state index is 0.227. The van der Waals surface area contributed by atoms with Crippen molar-refractivity contribution in [3.8, 4) is 0 Å². The molecule has 1 heterocycles. The molecule has 0 unspecified atom stereocenters. The first kappa shape index (κ1) is 16.2. The number of hydrogen-bond donors (Lipinski definition) is 1. The Hall–Kier alpha value is -2.62. The van der Waals surface area contributed by atoms with Crippen LogP contribution in [0, 0.1) is 5.82 Å². The second-order valence-electron chi connectivity index (χ2n) is 5.90. The first-order chi connectivity index (χ1) is 11.7. The van der Waals surface area contributed by atoms with Crippen LogP contribution in [0.2, 0.25) is 0 Å². The van der Waals surface area contributed by atoms with Crippen molar-refractivity contribution in [3.05, 3.63) is 71.6 Å². The van der Waals surface area contributed by atoms with Crippen LogP contribution in [0.15, 0.2) is 54.6 Å². The summed E-state index contributed by atoms with van der Waals surface area (Å²) in [6.07, 6.45) is 5.30. The lowest BCUT2D eigenvalue weighted by atomic mass is 10.1. The number of halogens is 1. The minimum Gasteiger partial charge on any atom is -0.371 e. The number of carbonyl (C=O) groups is 1. The van der Waals surface area contributed by atoms with E-state index in [1.165, 1.54) is 36.7 Å². The Kier molecular flexibility index (Phi) is 5.26. The molecule has 0 radical (unpaired) electrons. The monoisotopic (exact) mass is 324 g/mol. The van der Waals surface area contributed by atoms with Crippen LogP contribution in [0.3, 0.4) is 0 Å². The largest absolute Gasteiger partial charge is 0.371 e. The average molecular weight is 324 g/mol. The Labute approximate surface area is 141 Å². The average Bonchev–Trinajstić information content (AvgIpc) is 3.14. The quantitative estimate of drug-likeness (QED) is 0.850. The molecule has 1 aliphatic rings. The Morgan fingerprint density at radius 2 is 1.79 bits per heavy atom. The van der Waals surface area contributed by atoms with Gasteiger partial charge in [-0.05, 0) is 36.6 Å². The van der Waals surface area contributed by atoms with Gasteiger partial charge in [0, 0.05) is 37.0 Å². The zero-order chi connectivity index (χ0) is 16.8. The highest BCUT2D eigenvalue weighted by atomic mass is 19.1. The van der Waals surface area contributed by atoms with Gasteiger partial charge in [-0.15, -0.1) is 0 Å². The molecular weight excluding hydrogens is 303 g/mol. The molecule has 2 aromatic carbocycles. The van der Waals surface area contributed by atoms with Gasteiger partial charge in [0.1, 0.15) is 5.82 Å². The highest BCUT2D eigenvalue weighted by Crippen LogP contribution is 2.24. The van der Waals surface area contributed by atoms with Crippen LogP contribution in [0.1, 0.15) is 24.0 Å². The maximum absolute atomic E-state index is 13.5. The molecule has 1 aliphatic heterocycles. The molecular formula is C20H21FN2O. The molecule has 0 saturated carbocycles. The molecule has 1 fully saturated rings. The summed E-state index contributed by atoms with van der Waals surface area (Å²) in [4.78, 5) is 14.4. The van der Waals surface area contributed by atoms with Crippen LogP contribution >= 0.6 is 0 Å². The lowest BCUT2D eigenvalue weighted by Gasteiger charge is -2.21. The van der Waals surface area contributed by atoms with Crippen LogP contribution in [-0.2, 0) is 11.3 Å². The van der Waals surface area contributed by atoms with E-state index in [0.29, 0.717) is 12.1 Å². The van der Waals surface area contributed by atoms with E-state index < -0.39 is 0 Å². The molecule has 0 bridgehead atoms. The van der Waals surface area contributed by atoms with E-state index >= 15 is 0 Å². The van der Waals surface area contributed by atoms with Crippen LogP contribution in [0.5, 0.6) is 0 Å². The van der Waals surface area contributed by atoms with Gasteiger partial charge in [0.2, 0.25) is 5.91 Å². The molecule has 24 heavy (non-hydrogen) atoms. The number of para-hydroxylation sites is 1. The van der Waals surface area contributed by atoms with E-state index in [1.54, 1.807) is 18.2 Å². The Morgan fingerprint density at radius 1 is 1.08 bits per heavy atom. The first-order valence-corrected chi connectivity index (χ1v) is 8.27. The van der Waals surface area contributed by atoms with Gasteiger partial charge in [-0.2, -0.15) is 0 Å². The SMILES string of the molecule is O=C(/C=C/c1ccccc1F)NCc1ccccc1N1CCCC1. The van der Waals surface area contributed by atoms with Crippen molar-refractivity contribution in [2.75, 3.05) is 18.0 Å². The van der Waals surface area contributed by atoms with Crippen LogP contribution in [0.25, 0.3) is 6.08 Å². The Balaban J connectivity index is 1.61. The third-order valence-corrected chi connectivity index (χ3v) is 4.21. The fourth-order valence-corrected chi connectivity index (χ4v) is 2.94. The third-order valence-electron chi connectivity index (χ3n) is 4.21. The zero-order valence-electron chi connectivity index (χ0n) is 13.5. The summed E-state index contributed by atoms with van der Waals surface area (Å²) in [6, 6.07) is 14.5. The highest BCUT2D eigenvalue weighted by Gasteiger charge is 2.15. The summed E-state index contributed by atoms with van der Waals surface area (Å²) in [7, 11) is 0. The molecule has 4 heteroatoms. The first-order valence-electron chi connectivity index (χ1n) is 8.27. The number of anilines is 1. The summed E-state index contributed by atoms with van der Waals surface area (Å²) >= 11 is 0. The van der Waals surface area contributed by atoms with E-state index in [-0.39, 0.29) is 11.7 Å². The third kappa shape index (κ3) is 4.02. The Morgan fingerprint density at radius 3 is 2.58 bits per heavy atom. The number of nitrogens with zero attached hydrogens (tertiary/aromatic N) is 1. The number of amides is 1. The summed E-state index contributed by atoms with van der Waals surface area (Å²) in [6.45, 7) is 2.60. The lowest BCUT2D eigenvalue weighted by Crippen LogP contribution is -2.24. The molecule has 1 amide bonds. The second-order valence-corrected chi connectivity index (χ2v) is 5.90. The van der Waals surface area contributed by atoms with Gasteiger partial charge >= 0.3 is 0 Å². The molecule has 0 aromatic heterocycles. The summed E-state index contributed by atoms with van der Waals surface area (Å²) in [5.41, 5.74) is 2.70. The highest BCUT2D eigenvalue weighted by molar-refractivity contribution is 5.91. The van der Waals surface area contributed by atoms with E-state index in [1.807, 2.05) is 18.2 Å². The topological polar surface area (TPSA) is 32.3 Å². The number of rotatable bonds is 5. The van der Waals surface area contributed by atoms with Crippen molar-refractivity contribution in [3.63, 3.8) is 0 Å². The van der Waals surface area contributed by atoms with Crippen molar-refractivity contribution >= 4 is 17.7 Å². The van der Waals surface area contributed by atoms with Crippen molar-refractivity contribution in [2.24, 2.45) is 0 Å². The number of hydrogen-bond acceptors (Lipinski definition) is 2. The minimum atomic E-state index is -0.332. The number of benzene rings is 2. The number of nitrogens with one attached hydrogen (secondary N) is 1. The van der Waals surface area contributed by atoms with Crippen molar-refractivity contribution < 1.29 is 9.18 Å². The maximum Gasteiger partial charge on any atom is 0.244 e. The van der Waals surface area contributed by atoms with E-state index in [2.05, 4.69) is 16.3 Å². The summed E-state index contributed by atoms with van der Waals surface area (Å²) in [5.74, 6) is -0.560. The predicted octanol–water partition coefficient (Wildman–Crippen LogP) is 3.76. The zero-order valence-corrected chi connectivity index (χ0v) is 13.5. The predicted molar refractivity (Wildman–Crippen MR) is 95.2 cm³/mol. The molecule has 0 spiro atoms. The normalized spacial score (nSPS) is 14.3. The summed E-state index contributed by atoms with van der Waals surface area (Å²) < 4.78 is 13.5. The fraction of sp³-hybridized carbons (Fsp3) is 0.250. The van der Waals surface area contributed by atoms with Crippen molar-refractivity contribution in [2.45, 2.75) is 19.4 Å². The molecule has 0 atom stereocenters. The molecule has 124 valence electrons. The van der Waals surface area contributed by atoms with E-state index in [4.69, 9.17) is 0 Å². The standard InChI is InChI=1S/C20H21FN2O/c21-18-9-3-1-7-16(18)11-12-20(24)22-15-17-8-2-4-10-19(17)23-13-5-6-14-23/h1-4,7-12H,5-6,13-15H2,(H,22,24)/b12-11+. The molecule has 3 nitrogen and oxygen atoms in total. The van der Waals surface area contributed by atoms with Gasteiger partial charge < -0.3 is 10.2 Å². The fourth-order valence-electron chi connectivity index (χ4n) is 2.94. The van der Waals surface area contributed by atoms with Crippen molar-refractivity contribution in [1.82, 2.24) is 5.32 Å². The molecule has 3 rings (SSSR count). The molecule has 0 aliphatic carbocycles. The maximum atomic E-state index is 13.5. The van der Waals surface area contributed by atoms with Crippen LogP contribution in [-0.4, -0.2) is 19.0 Å². The summed E-state index contributed by atoms with van der Waals surface area (Å²) in [5, 5.41) is 2.88. The second kappa shape index (κ2) is 7.77. The van der Waals surface area contributed by atoms with Gasteiger partial charge in [0.25, 0.3) is 0 Å². The molecule has 2 aromatic rings. The lowest BCUT2D eigenvalue weighted by molar-refractivity contribution is -0.116. The van der Waals surface area contributed by atoms with Gasteiger partial charge in [0.15, 0.2) is 0 Å². The van der Waals surface area contributed by atoms with Gasteiger partial charge in [-0.25, -0.2) is 4.39 Å². The molecule has 1 saturated heterocycles. The van der Waals surface area contributed by atoms with Gasteiger partial charge in [-0.3, -0.25) is 4.79 Å². The van der Waals surface area contributed by atoms with Crippen LogP contribution in [0.4, 0.5) is 10.1 Å². The molecule has 1 N–H and O–H groups in total. The van der Waals surface area contributed by atoms with E-state index in [9.17, 15) is 9.18 Å². The Bertz CT molecular complexity index is 736. The van der Waals surface area contributed by atoms with Gasteiger partial charge in [0.05, 0.1) is 0 Å². The van der Waals surface area contributed by atoms with E-state index in [0.717, 1.165) is 18.7 Å².